The molecule has 1 N–H and O–H groups in total. The average Bonchev–Trinajstić information content (AvgIpc) is 2.78. The number of nitrogens with zero attached hydrogens (tertiary/aromatic N) is 1. The molecule has 1 aliphatic rings. The lowest BCUT2D eigenvalue weighted by Gasteiger charge is -2.35. The molecule has 0 spiro atoms. The number of halogens is 1. The van der Waals surface area contributed by atoms with Crippen LogP contribution in [0.3, 0.4) is 0 Å². The van der Waals surface area contributed by atoms with Gasteiger partial charge in [0.1, 0.15) is 5.75 Å². The van der Waals surface area contributed by atoms with E-state index in [0.717, 1.165) is 25.7 Å². The highest BCUT2D eigenvalue weighted by atomic mass is 35.5. The van der Waals surface area contributed by atoms with Crippen LogP contribution in [0, 0.1) is 5.92 Å². The Hall–Kier alpha value is -2.25. The topological polar surface area (TPSA) is 75.7 Å². The first-order valence-corrected chi connectivity index (χ1v) is 12.5. The van der Waals surface area contributed by atoms with Gasteiger partial charge in [0.2, 0.25) is 0 Å². The van der Waals surface area contributed by atoms with Gasteiger partial charge >= 0.3 is 0 Å². The molecule has 0 unspecified atom stereocenters. The number of anilines is 1. The van der Waals surface area contributed by atoms with Gasteiger partial charge < -0.3 is 10.1 Å². The quantitative estimate of drug-likeness (QED) is 0.587. The van der Waals surface area contributed by atoms with E-state index in [1.165, 1.54) is 16.4 Å². The Morgan fingerprint density at radius 2 is 1.97 bits per heavy atom. The number of ether oxygens (including phenoxy) is 1. The van der Waals surface area contributed by atoms with Crippen LogP contribution < -0.4 is 14.4 Å². The molecule has 3 rings (SSSR count). The maximum atomic E-state index is 13.4. The largest absolute Gasteiger partial charge is 0.476 e. The Labute approximate surface area is 189 Å². The standard InChI is InChI=1S/C23H29ClN2O4S/c1-3-5-9-17(4-2)15-25-23(27)22-16-26(20-14-18(24)12-13-21(20)30-22)31(28,29)19-10-7-6-8-11-19/h6-8,10-14,17,22H,3-5,9,15-16H2,1-2H3,(H,25,27)/t17-,22+/m0/s1. The summed E-state index contributed by atoms with van der Waals surface area (Å²) >= 11 is 6.12. The van der Waals surface area contributed by atoms with Crippen molar-refractivity contribution >= 4 is 33.2 Å². The van der Waals surface area contributed by atoms with Crippen LogP contribution >= 0.6 is 11.6 Å². The highest BCUT2D eigenvalue weighted by Gasteiger charge is 2.37. The van der Waals surface area contributed by atoms with Gasteiger partial charge in [-0.25, -0.2) is 8.42 Å². The minimum absolute atomic E-state index is 0.123. The summed E-state index contributed by atoms with van der Waals surface area (Å²) in [6.45, 7) is 4.68. The highest BCUT2D eigenvalue weighted by Crippen LogP contribution is 2.38. The number of hydrogen-bond acceptors (Lipinski definition) is 4. The van der Waals surface area contributed by atoms with Crippen LogP contribution in [0.1, 0.15) is 39.5 Å². The van der Waals surface area contributed by atoms with Crippen molar-refractivity contribution in [3.8, 4) is 5.75 Å². The summed E-state index contributed by atoms with van der Waals surface area (Å²) in [5.41, 5.74) is 0.329. The van der Waals surface area contributed by atoms with E-state index in [0.29, 0.717) is 28.9 Å². The molecule has 1 aliphatic heterocycles. The van der Waals surface area contributed by atoms with Gasteiger partial charge in [0.25, 0.3) is 15.9 Å². The van der Waals surface area contributed by atoms with Gasteiger partial charge in [0, 0.05) is 11.6 Å². The van der Waals surface area contributed by atoms with Gasteiger partial charge in [0.15, 0.2) is 6.10 Å². The normalized spacial score (nSPS) is 16.9. The van der Waals surface area contributed by atoms with Crippen LogP contribution in [-0.4, -0.2) is 33.5 Å². The van der Waals surface area contributed by atoms with Crippen molar-refractivity contribution in [3.05, 3.63) is 53.6 Å². The smallest absolute Gasteiger partial charge is 0.264 e. The molecule has 0 aliphatic carbocycles. The molecule has 8 heteroatoms. The number of benzene rings is 2. The summed E-state index contributed by atoms with van der Waals surface area (Å²) in [5.74, 6) is 0.389. The van der Waals surface area contributed by atoms with Gasteiger partial charge in [-0.05, 0) is 42.7 Å². The maximum Gasteiger partial charge on any atom is 0.264 e. The predicted molar refractivity (Wildman–Crippen MR) is 123 cm³/mol. The number of sulfonamides is 1. The van der Waals surface area contributed by atoms with Crippen molar-refractivity contribution in [1.82, 2.24) is 5.32 Å². The molecule has 1 heterocycles. The Kier molecular flexibility index (Phi) is 7.84. The molecule has 0 radical (unpaired) electrons. The molecule has 0 bridgehead atoms. The molecule has 0 fully saturated rings. The van der Waals surface area contributed by atoms with Crippen molar-refractivity contribution in [1.29, 1.82) is 0 Å². The van der Waals surface area contributed by atoms with E-state index in [9.17, 15) is 13.2 Å². The molecular weight excluding hydrogens is 436 g/mol. The SMILES string of the molecule is CCCC[C@H](CC)CNC(=O)[C@H]1CN(S(=O)(=O)c2ccccc2)c2cc(Cl)ccc2O1. The van der Waals surface area contributed by atoms with Crippen LogP contribution in [0.5, 0.6) is 5.75 Å². The van der Waals surface area contributed by atoms with Crippen LogP contribution in [-0.2, 0) is 14.8 Å². The maximum absolute atomic E-state index is 13.4. The monoisotopic (exact) mass is 464 g/mol. The fourth-order valence-corrected chi connectivity index (χ4v) is 5.27. The fraction of sp³-hybridized carbons (Fsp3) is 0.435. The average molecular weight is 465 g/mol. The minimum atomic E-state index is -3.89. The number of carbonyl (C=O) groups excluding carboxylic acids is 1. The Bertz CT molecular complexity index is 998. The van der Waals surface area contributed by atoms with Gasteiger partial charge in [-0.15, -0.1) is 0 Å². The van der Waals surface area contributed by atoms with E-state index in [2.05, 4.69) is 19.2 Å². The summed E-state index contributed by atoms with van der Waals surface area (Å²) in [6.07, 6.45) is 3.31. The summed E-state index contributed by atoms with van der Waals surface area (Å²) in [7, 11) is -3.89. The lowest BCUT2D eigenvalue weighted by atomic mass is 9.99. The van der Waals surface area contributed by atoms with Crippen molar-refractivity contribution in [2.75, 3.05) is 17.4 Å². The third-order valence-electron chi connectivity index (χ3n) is 5.52. The third kappa shape index (κ3) is 5.52. The van der Waals surface area contributed by atoms with Crippen LogP contribution in [0.4, 0.5) is 5.69 Å². The number of carbonyl (C=O) groups is 1. The molecule has 2 atom stereocenters. The van der Waals surface area contributed by atoms with Crippen molar-refractivity contribution < 1.29 is 17.9 Å². The molecule has 2 aromatic rings. The van der Waals surface area contributed by atoms with E-state index in [4.69, 9.17) is 16.3 Å². The van der Waals surface area contributed by atoms with Crippen LogP contribution in [0.2, 0.25) is 5.02 Å². The second kappa shape index (κ2) is 10.4. The van der Waals surface area contributed by atoms with Gasteiger partial charge in [-0.2, -0.15) is 0 Å². The minimum Gasteiger partial charge on any atom is -0.476 e. The number of unbranched alkanes of at least 4 members (excludes halogenated alkanes) is 1. The van der Waals surface area contributed by atoms with Crippen molar-refractivity contribution in [2.24, 2.45) is 5.92 Å². The van der Waals surface area contributed by atoms with Crippen molar-refractivity contribution in [3.63, 3.8) is 0 Å². The second-order valence-electron chi connectivity index (χ2n) is 7.73. The van der Waals surface area contributed by atoms with Crippen LogP contribution in [0.25, 0.3) is 0 Å². The molecule has 0 aromatic heterocycles. The van der Waals surface area contributed by atoms with E-state index < -0.39 is 16.1 Å². The third-order valence-corrected chi connectivity index (χ3v) is 7.55. The fourth-order valence-electron chi connectivity index (χ4n) is 3.61. The second-order valence-corrected chi connectivity index (χ2v) is 10.0. The zero-order valence-electron chi connectivity index (χ0n) is 17.9. The number of amides is 1. The first kappa shape index (κ1) is 23.4. The van der Waals surface area contributed by atoms with E-state index in [-0.39, 0.29) is 17.3 Å². The first-order chi connectivity index (χ1) is 14.9. The molecule has 1 amide bonds. The zero-order chi connectivity index (χ0) is 22.4. The van der Waals surface area contributed by atoms with E-state index in [1.807, 2.05) is 0 Å². The molecule has 6 nitrogen and oxygen atoms in total. The number of fused-ring (bicyclic) bond motifs is 1. The molecule has 168 valence electrons. The van der Waals surface area contributed by atoms with Gasteiger partial charge in [-0.1, -0.05) is 62.9 Å². The van der Waals surface area contributed by atoms with Gasteiger partial charge in [0.05, 0.1) is 17.1 Å². The Balaban J connectivity index is 1.84. The summed E-state index contributed by atoms with van der Waals surface area (Å²) in [6, 6.07) is 12.9. The highest BCUT2D eigenvalue weighted by molar-refractivity contribution is 7.92. The van der Waals surface area contributed by atoms with E-state index in [1.54, 1.807) is 36.4 Å². The lowest BCUT2D eigenvalue weighted by Crippen LogP contribution is -2.51. The van der Waals surface area contributed by atoms with Gasteiger partial charge in [-0.3, -0.25) is 9.10 Å². The lowest BCUT2D eigenvalue weighted by molar-refractivity contribution is -0.127. The van der Waals surface area contributed by atoms with Crippen molar-refractivity contribution in [2.45, 2.75) is 50.5 Å². The molecular formula is C23H29ClN2O4S. The molecule has 0 saturated carbocycles. The van der Waals surface area contributed by atoms with E-state index >= 15 is 0 Å². The van der Waals surface area contributed by atoms with Crippen LogP contribution in [0.15, 0.2) is 53.4 Å². The predicted octanol–water partition coefficient (Wildman–Crippen LogP) is 4.63. The summed E-state index contributed by atoms with van der Waals surface area (Å²) in [4.78, 5) is 13.0. The molecule has 31 heavy (non-hydrogen) atoms. The Morgan fingerprint density at radius 3 is 2.65 bits per heavy atom. The molecule has 0 saturated heterocycles. The summed E-state index contributed by atoms with van der Waals surface area (Å²) < 4.78 is 33.8. The number of hydrogen-bond donors (Lipinski definition) is 1. The number of nitrogens with one attached hydrogen (secondary N) is 1. The molecule has 2 aromatic carbocycles. The zero-order valence-corrected chi connectivity index (χ0v) is 19.5. The Morgan fingerprint density at radius 1 is 1.23 bits per heavy atom. The first-order valence-electron chi connectivity index (χ1n) is 10.7. The summed E-state index contributed by atoms with van der Waals surface area (Å²) in [5, 5.41) is 3.34. The number of rotatable bonds is 9.